The van der Waals surface area contributed by atoms with Crippen molar-refractivity contribution >= 4 is 44.5 Å². The summed E-state index contributed by atoms with van der Waals surface area (Å²) >= 11 is 2.90. The normalized spacial score (nSPS) is 10.8. The van der Waals surface area contributed by atoms with Gasteiger partial charge >= 0.3 is 0 Å². The minimum atomic E-state index is -0.0864. The van der Waals surface area contributed by atoms with Crippen LogP contribution in [0, 0.1) is 0 Å². The molecule has 3 rings (SSSR count). The Labute approximate surface area is 123 Å². The van der Waals surface area contributed by atoms with Crippen LogP contribution in [0.1, 0.15) is 15.2 Å². The van der Waals surface area contributed by atoms with E-state index in [-0.39, 0.29) is 5.91 Å². The monoisotopic (exact) mass is 304 g/mol. The molecule has 0 bridgehead atoms. The van der Waals surface area contributed by atoms with Gasteiger partial charge in [0.1, 0.15) is 9.71 Å². The van der Waals surface area contributed by atoms with E-state index >= 15 is 0 Å². The Morgan fingerprint density at radius 2 is 2.30 bits per heavy atom. The number of hydrogen-bond acceptors (Lipinski definition) is 6. The summed E-state index contributed by atoms with van der Waals surface area (Å²) in [5, 5.41) is 12.6. The molecular weight excluding hydrogens is 292 g/mol. The number of fused-ring (bicyclic) bond motifs is 1. The Bertz CT molecular complexity index is 751. The lowest BCUT2D eigenvalue weighted by molar-refractivity contribution is 0.0791. The topological polar surface area (TPSA) is 72.1 Å². The first-order chi connectivity index (χ1) is 9.66. The minimum absolute atomic E-state index is 0.0864. The van der Waals surface area contributed by atoms with Crippen LogP contribution < -0.4 is 5.73 Å². The fourth-order valence-corrected chi connectivity index (χ4v) is 3.63. The van der Waals surface area contributed by atoms with E-state index in [1.54, 1.807) is 35.5 Å². The summed E-state index contributed by atoms with van der Waals surface area (Å²) in [6.07, 6.45) is 1.58. The first kappa shape index (κ1) is 13.0. The third-order valence-electron chi connectivity index (χ3n) is 2.96. The summed E-state index contributed by atoms with van der Waals surface area (Å²) in [5.41, 5.74) is 7.65. The molecule has 0 unspecified atom stereocenters. The van der Waals surface area contributed by atoms with Gasteiger partial charge in [0.2, 0.25) is 0 Å². The lowest BCUT2D eigenvalue weighted by Crippen LogP contribution is -2.25. The standard InChI is InChI=1S/C13H12N4OS2/c1-17(6-8-3-5-19-7-8)13(18)11-10(14)9-2-4-15-16-12(9)20-11/h2-5,7H,6,14H2,1H3. The molecule has 3 heterocycles. The fourth-order valence-electron chi connectivity index (χ4n) is 1.93. The maximum atomic E-state index is 12.5. The second-order valence-corrected chi connectivity index (χ2v) is 6.17. The van der Waals surface area contributed by atoms with Crippen molar-refractivity contribution in [1.82, 2.24) is 15.1 Å². The van der Waals surface area contributed by atoms with Crippen LogP contribution in [0.3, 0.4) is 0 Å². The Balaban J connectivity index is 1.90. The lowest BCUT2D eigenvalue weighted by atomic mass is 10.2. The zero-order valence-electron chi connectivity index (χ0n) is 10.7. The molecule has 0 aromatic carbocycles. The number of aromatic nitrogens is 2. The Hall–Kier alpha value is -1.99. The first-order valence-corrected chi connectivity index (χ1v) is 7.69. The molecule has 2 N–H and O–H groups in total. The SMILES string of the molecule is CN(Cc1ccsc1)C(=O)c1sc2nnccc2c1N. The summed E-state index contributed by atoms with van der Waals surface area (Å²) < 4.78 is 0. The van der Waals surface area contributed by atoms with Crippen molar-refractivity contribution in [3.05, 3.63) is 39.5 Å². The van der Waals surface area contributed by atoms with Crippen LogP contribution >= 0.6 is 22.7 Å². The number of amides is 1. The minimum Gasteiger partial charge on any atom is -0.397 e. The summed E-state index contributed by atoms with van der Waals surface area (Å²) in [5.74, 6) is -0.0864. The molecule has 5 nitrogen and oxygen atoms in total. The van der Waals surface area contributed by atoms with Crippen molar-refractivity contribution in [2.45, 2.75) is 6.54 Å². The number of rotatable bonds is 3. The Morgan fingerprint density at radius 1 is 1.45 bits per heavy atom. The Morgan fingerprint density at radius 3 is 3.00 bits per heavy atom. The van der Waals surface area contributed by atoms with E-state index in [0.29, 0.717) is 21.9 Å². The number of hydrogen-bond donors (Lipinski definition) is 1. The third kappa shape index (κ3) is 2.25. The molecule has 0 fully saturated rings. The van der Waals surface area contributed by atoms with Gasteiger partial charge in [0, 0.05) is 19.0 Å². The number of nitrogens with two attached hydrogens (primary N) is 1. The molecule has 0 atom stereocenters. The highest BCUT2D eigenvalue weighted by molar-refractivity contribution is 7.21. The van der Waals surface area contributed by atoms with E-state index in [4.69, 9.17) is 5.73 Å². The molecule has 102 valence electrons. The molecule has 0 aliphatic carbocycles. The van der Waals surface area contributed by atoms with Crippen LogP contribution in [0.2, 0.25) is 0 Å². The summed E-state index contributed by atoms with van der Waals surface area (Å²) in [6.45, 7) is 0.571. The highest BCUT2D eigenvalue weighted by atomic mass is 32.1. The van der Waals surface area contributed by atoms with Crippen molar-refractivity contribution in [2.75, 3.05) is 12.8 Å². The van der Waals surface area contributed by atoms with Crippen molar-refractivity contribution in [1.29, 1.82) is 0 Å². The van der Waals surface area contributed by atoms with E-state index in [2.05, 4.69) is 10.2 Å². The van der Waals surface area contributed by atoms with E-state index in [1.807, 2.05) is 16.8 Å². The smallest absolute Gasteiger partial charge is 0.266 e. The number of nitrogen functional groups attached to an aromatic ring is 1. The van der Waals surface area contributed by atoms with Gasteiger partial charge < -0.3 is 10.6 Å². The van der Waals surface area contributed by atoms with E-state index in [9.17, 15) is 4.79 Å². The first-order valence-electron chi connectivity index (χ1n) is 5.93. The van der Waals surface area contributed by atoms with Crippen molar-refractivity contribution in [3.8, 4) is 0 Å². The van der Waals surface area contributed by atoms with E-state index in [0.717, 1.165) is 10.9 Å². The lowest BCUT2D eigenvalue weighted by Gasteiger charge is -2.15. The van der Waals surface area contributed by atoms with Gasteiger partial charge in [0.15, 0.2) is 0 Å². The van der Waals surface area contributed by atoms with Crippen LogP contribution in [0.4, 0.5) is 5.69 Å². The predicted octanol–water partition coefficient (Wildman–Crippen LogP) is 2.61. The third-order valence-corrected chi connectivity index (χ3v) is 4.79. The summed E-state index contributed by atoms with van der Waals surface area (Å²) in [4.78, 5) is 15.4. The predicted molar refractivity (Wildman–Crippen MR) is 81.9 cm³/mol. The average molecular weight is 304 g/mol. The van der Waals surface area contributed by atoms with Crippen LogP contribution in [0.5, 0.6) is 0 Å². The zero-order valence-corrected chi connectivity index (χ0v) is 12.4. The number of anilines is 1. The molecule has 3 aromatic rings. The fraction of sp³-hybridized carbons (Fsp3) is 0.154. The molecule has 1 amide bonds. The number of thiophene rings is 2. The molecule has 7 heteroatoms. The molecular formula is C13H12N4OS2. The summed E-state index contributed by atoms with van der Waals surface area (Å²) in [6, 6.07) is 3.79. The molecule has 0 aliphatic heterocycles. The second kappa shape index (κ2) is 5.18. The van der Waals surface area contributed by atoms with Crippen molar-refractivity contribution in [3.63, 3.8) is 0 Å². The average Bonchev–Trinajstić information content (AvgIpc) is 3.07. The van der Waals surface area contributed by atoms with E-state index in [1.165, 1.54) is 11.3 Å². The number of carbonyl (C=O) groups excluding carboxylic acids is 1. The van der Waals surface area contributed by atoms with Crippen molar-refractivity contribution < 1.29 is 4.79 Å². The maximum absolute atomic E-state index is 12.5. The van der Waals surface area contributed by atoms with E-state index < -0.39 is 0 Å². The van der Waals surface area contributed by atoms with Crippen LogP contribution in [0.25, 0.3) is 10.2 Å². The van der Waals surface area contributed by atoms with Gasteiger partial charge in [-0.1, -0.05) is 0 Å². The van der Waals surface area contributed by atoms with Gasteiger partial charge in [0.25, 0.3) is 5.91 Å². The molecule has 0 saturated heterocycles. The van der Waals surface area contributed by atoms with Gasteiger partial charge in [-0.2, -0.15) is 16.4 Å². The van der Waals surface area contributed by atoms with Gasteiger partial charge in [-0.3, -0.25) is 4.79 Å². The second-order valence-electron chi connectivity index (χ2n) is 4.39. The maximum Gasteiger partial charge on any atom is 0.266 e. The number of carbonyl (C=O) groups is 1. The molecule has 0 spiro atoms. The van der Waals surface area contributed by atoms with Gasteiger partial charge in [0.05, 0.1) is 11.9 Å². The molecule has 0 aliphatic rings. The van der Waals surface area contributed by atoms with Gasteiger partial charge in [-0.25, -0.2) is 0 Å². The molecule has 0 saturated carbocycles. The number of nitrogens with zero attached hydrogens (tertiary/aromatic N) is 3. The highest BCUT2D eigenvalue weighted by Crippen LogP contribution is 2.32. The molecule has 0 radical (unpaired) electrons. The van der Waals surface area contributed by atoms with Crippen LogP contribution in [-0.2, 0) is 6.54 Å². The van der Waals surface area contributed by atoms with Crippen LogP contribution in [0.15, 0.2) is 29.1 Å². The zero-order chi connectivity index (χ0) is 14.1. The Kier molecular flexibility index (Phi) is 3.37. The largest absolute Gasteiger partial charge is 0.397 e. The summed E-state index contributed by atoms with van der Waals surface area (Å²) in [7, 11) is 1.77. The van der Waals surface area contributed by atoms with Gasteiger partial charge in [-0.05, 0) is 28.5 Å². The van der Waals surface area contributed by atoms with Crippen molar-refractivity contribution in [2.24, 2.45) is 0 Å². The highest BCUT2D eigenvalue weighted by Gasteiger charge is 2.20. The quantitative estimate of drug-likeness (QED) is 0.807. The molecule has 20 heavy (non-hydrogen) atoms. The van der Waals surface area contributed by atoms with Crippen LogP contribution in [-0.4, -0.2) is 28.1 Å². The van der Waals surface area contributed by atoms with Gasteiger partial charge in [-0.15, -0.1) is 16.4 Å². The molecule has 3 aromatic heterocycles.